The van der Waals surface area contributed by atoms with Gasteiger partial charge in [0.25, 0.3) is 0 Å². The molecule has 24 aromatic rings. The predicted octanol–water partition coefficient (Wildman–Crippen LogP) is 32.1. The third kappa shape index (κ3) is 11.4. The lowest BCUT2D eigenvalue weighted by Crippen LogP contribution is -2.25. The molecule has 0 aliphatic heterocycles. The van der Waals surface area contributed by atoms with E-state index < -0.39 is 5.41 Å². The van der Waals surface area contributed by atoms with Crippen molar-refractivity contribution in [3.63, 3.8) is 0 Å². The Hall–Kier alpha value is -16.6. The van der Waals surface area contributed by atoms with Crippen LogP contribution in [0, 0.1) is 0 Å². The molecule has 20 aromatic carbocycles. The SMILES string of the molecule is c1ccc(-c2ccc(-n3c4ccccc4c4ccc(-c5ccc(-c6ccc7c(c6)c6cc(-c8ccc(-c9ccc%10c%11ccccc%11n(-c%11ccc(-c%12ccccc%12)cc%11)c%10c9)cc8)ccc6n7-c6ccc(-c7ccc(N(c8ccccc8)c8ccc(-c9cccc%10c9-c9ccccc9C%109c%10ccccc%10-c%10ccccc%109)cc8)c8nsnc78)cc6)cc5)cc43)cc2)cc1. The van der Waals surface area contributed by atoms with Gasteiger partial charge in [-0.2, -0.15) is 8.75 Å². The lowest BCUT2D eigenvalue weighted by molar-refractivity contribution is 0.794. The quantitative estimate of drug-likeness (QED) is 0.109. The molecule has 2 aliphatic carbocycles. The van der Waals surface area contributed by atoms with Crippen molar-refractivity contribution in [1.29, 1.82) is 0 Å². The second kappa shape index (κ2) is 29.3. The van der Waals surface area contributed by atoms with Crippen LogP contribution in [0.25, 0.3) is 205 Å². The Morgan fingerprint density at radius 1 is 0.195 bits per heavy atom. The van der Waals surface area contributed by atoms with E-state index in [1.54, 1.807) is 0 Å². The van der Waals surface area contributed by atoms with Crippen molar-refractivity contribution < 1.29 is 0 Å². The molecule has 1 spiro atoms. The number of para-hydroxylation sites is 3. The molecule has 0 unspecified atom stereocenters. The van der Waals surface area contributed by atoms with E-state index in [-0.39, 0.29) is 0 Å². The number of benzene rings is 20. The second-order valence-corrected chi connectivity index (χ2v) is 34.5. The number of hydrogen-bond donors (Lipinski definition) is 0. The van der Waals surface area contributed by atoms with Gasteiger partial charge in [-0.3, -0.25) is 0 Å². The number of anilines is 3. The summed E-state index contributed by atoms with van der Waals surface area (Å²) >= 11 is 1.26. The van der Waals surface area contributed by atoms with Gasteiger partial charge in [0, 0.05) is 66.3 Å². The molecule has 4 heterocycles. The molecule has 596 valence electrons. The van der Waals surface area contributed by atoms with Crippen LogP contribution in [0.2, 0.25) is 0 Å². The van der Waals surface area contributed by atoms with Crippen LogP contribution in [-0.2, 0) is 5.41 Å². The van der Waals surface area contributed by atoms with Crippen LogP contribution in [0.3, 0.4) is 0 Å². The smallest absolute Gasteiger partial charge is 0.129 e. The highest BCUT2D eigenvalue weighted by atomic mass is 32.1. The average molecular weight is 1650 g/mol. The minimum absolute atomic E-state index is 0.425. The van der Waals surface area contributed by atoms with Crippen LogP contribution in [0.5, 0.6) is 0 Å². The summed E-state index contributed by atoms with van der Waals surface area (Å²) < 4.78 is 17.6. The summed E-state index contributed by atoms with van der Waals surface area (Å²) in [6.07, 6.45) is 0. The molecule has 128 heavy (non-hydrogen) atoms. The van der Waals surface area contributed by atoms with Gasteiger partial charge < -0.3 is 18.6 Å². The summed E-state index contributed by atoms with van der Waals surface area (Å²) in [5, 5.41) is 7.28. The van der Waals surface area contributed by atoms with Gasteiger partial charge in [-0.1, -0.05) is 340 Å². The lowest BCUT2D eigenvalue weighted by Gasteiger charge is -2.30. The Labute approximate surface area is 744 Å². The van der Waals surface area contributed by atoms with Gasteiger partial charge in [0.05, 0.1) is 55.9 Å². The molecule has 6 nitrogen and oxygen atoms in total. The fourth-order valence-electron chi connectivity index (χ4n) is 21.3. The third-order valence-electron chi connectivity index (χ3n) is 27.2. The predicted molar refractivity (Wildman–Crippen MR) is 535 cm³/mol. The van der Waals surface area contributed by atoms with Crippen molar-refractivity contribution in [2.24, 2.45) is 0 Å². The van der Waals surface area contributed by atoms with Crippen LogP contribution in [-0.4, -0.2) is 22.4 Å². The van der Waals surface area contributed by atoms with Crippen LogP contribution in [0.4, 0.5) is 17.1 Å². The van der Waals surface area contributed by atoms with Gasteiger partial charge in [-0.15, -0.1) is 0 Å². The first-order valence-electron chi connectivity index (χ1n) is 43.9. The van der Waals surface area contributed by atoms with Gasteiger partial charge in [-0.25, -0.2) is 0 Å². The molecule has 0 atom stereocenters. The molecule has 0 saturated carbocycles. The summed E-state index contributed by atoms with van der Waals surface area (Å²) in [6, 6.07) is 170. The van der Waals surface area contributed by atoms with E-state index in [1.807, 2.05) is 0 Å². The van der Waals surface area contributed by atoms with E-state index in [2.05, 4.69) is 480 Å². The van der Waals surface area contributed by atoms with E-state index >= 15 is 0 Å². The summed E-state index contributed by atoms with van der Waals surface area (Å²) in [5.74, 6) is 0. The molecule has 0 saturated heterocycles. The molecule has 0 amide bonds. The largest absolute Gasteiger partial charge is 0.309 e. The van der Waals surface area contributed by atoms with Crippen LogP contribution in [0.1, 0.15) is 22.3 Å². The second-order valence-electron chi connectivity index (χ2n) is 33.9. The molecule has 0 radical (unpaired) electrons. The van der Waals surface area contributed by atoms with E-state index in [4.69, 9.17) is 8.75 Å². The molecule has 26 rings (SSSR count). The van der Waals surface area contributed by atoms with Crippen LogP contribution in [0.15, 0.2) is 461 Å². The molecule has 4 aromatic heterocycles. The van der Waals surface area contributed by atoms with Crippen molar-refractivity contribution >= 4 is 105 Å². The molecule has 0 bridgehead atoms. The molecule has 7 heteroatoms. The highest BCUT2D eigenvalue weighted by Gasteiger charge is 2.52. The zero-order valence-electron chi connectivity index (χ0n) is 69.5. The summed E-state index contributed by atoms with van der Waals surface area (Å²) in [7, 11) is 0. The highest BCUT2D eigenvalue weighted by Crippen LogP contribution is 2.64. The lowest BCUT2D eigenvalue weighted by atomic mass is 9.70. The van der Waals surface area contributed by atoms with Crippen molar-refractivity contribution in [2.45, 2.75) is 5.41 Å². The highest BCUT2D eigenvalue weighted by molar-refractivity contribution is 7.00. The fraction of sp³-hybridized carbons (Fsp3) is 0.00826. The first-order chi connectivity index (χ1) is 63.5. The van der Waals surface area contributed by atoms with E-state index in [0.29, 0.717) is 0 Å². The zero-order chi connectivity index (χ0) is 84.1. The van der Waals surface area contributed by atoms with Crippen molar-refractivity contribution in [3.8, 4) is 128 Å². The summed E-state index contributed by atoms with van der Waals surface area (Å²) in [6.45, 7) is 0. The number of nitrogens with zero attached hydrogens (tertiary/aromatic N) is 6. The van der Waals surface area contributed by atoms with E-state index in [0.717, 1.165) is 117 Å². The van der Waals surface area contributed by atoms with Gasteiger partial charge in [0.2, 0.25) is 0 Å². The normalized spacial score (nSPS) is 12.4. The van der Waals surface area contributed by atoms with Gasteiger partial charge in [-0.05, 0) is 249 Å². The third-order valence-corrected chi connectivity index (χ3v) is 27.8. The van der Waals surface area contributed by atoms with Gasteiger partial charge in [0.1, 0.15) is 11.0 Å². The fourth-order valence-corrected chi connectivity index (χ4v) is 21.9. The molecular formula is C121H76N6S. The van der Waals surface area contributed by atoms with Crippen LogP contribution >= 0.6 is 11.7 Å². The van der Waals surface area contributed by atoms with Crippen molar-refractivity contribution in [2.75, 3.05) is 4.90 Å². The first kappa shape index (κ1) is 73.0. The average Bonchev–Trinajstić information content (AvgIpc) is 1.50. The molecular weight excluding hydrogens is 1570 g/mol. The summed E-state index contributed by atoms with van der Waals surface area (Å²) in [5.41, 5.74) is 43.6. The molecule has 0 fully saturated rings. The van der Waals surface area contributed by atoms with E-state index in [9.17, 15) is 0 Å². The number of hydrogen-bond acceptors (Lipinski definition) is 4. The molecule has 0 N–H and O–H groups in total. The standard InChI is InChI=1S/C121H76N6S/c1-4-21-77(22-5-1)79-47-59-94(60-48-79)126-111-37-18-13-29-100(111)102-67-55-89(75-116(102)126)83-43-39-81(40-44-83)87-57-70-113-105(73-87)106-74-88(82-41-45-84(46-42-82)90-56-68-103-101-30-14-19-38-112(101)127(117(103)76-90)95-61-49-80(50-62-95)78-23-6-2-7-24-78)58-71-114(106)125(113)93-65-53-86(54-66-93)97-69-72-115(120-119(97)122-128-123-120)124(91-25-8-3-9-26-91)92-63-51-85(52-64-92)96-32-20-36-110-118(96)104-31-12-17-35-109(104)121(110)107-33-15-10-27-98(107)99-28-11-16-34-108(99)121/h1-76H. The minimum Gasteiger partial charge on any atom is -0.309 e. The minimum atomic E-state index is -0.425. The Balaban J connectivity index is 0.548. The first-order valence-corrected chi connectivity index (χ1v) is 44.6. The zero-order valence-corrected chi connectivity index (χ0v) is 70.3. The monoisotopic (exact) mass is 1640 g/mol. The Morgan fingerprint density at radius 3 is 1.03 bits per heavy atom. The van der Waals surface area contributed by atoms with Crippen LogP contribution < -0.4 is 4.90 Å². The summed E-state index contributed by atoms with van der Waals surface area (Å²) in [4.78, 5) is 2.33. The van der Waals surface area contributed by atoms with Crippen molar-refractivity contribution in [3.05, 3.63) is 483 Å². The Morgan fingerprint density at radius 2 is 0.523 bits per heavy atom. The number of rotatable bonds is 14. The Bertz CT molecular complexity index is 8210. The van der Waals surface area contributed by atoms with Gasteiger partial charge >= 0.3 is 0 Å². The van der Waals surface area contributed by atoms with Gasteiger partial charge in [0.15, 0.2) is 0 Å². The maximum atomic E-state index is 5.15. The number of aromatic nitrogens is 5. The van der Waals surface area contributed by atoms with E-state index in [1.165, 1.54) is 138 Å². The Kier molecular flexibility index (Phi) is 16.7. The maximum Gasteiger partial charge on any atom is 0.129 e. The van der Waals surface area contributed by atoms with Crippen molar-refractivity contribution in [1.82, 2.24) is 22.4 Å². The maximum absolute atomic E-state index is 5.15. The molecule has 2 aliphatic rings. The number of fused-ring (bicyclic) bond motifs is 20. The topological polar surface area (TPSA) is 43.8 Å².